The number of aliphatic imine (C=N–C) groups is 1. The summed E-state index contributed by atoms with van der Waals surface area (Å²) < 4.78 is 1.81. The lowest BCUT2D eigenvalue weighted by Gasteiger charge is -2.35. The number of hydrogen-bond acceptors (Lipinski definition) is 5. The summed E-state index contributed by atoms with van der Waals surface area (Å²) in [6, 6.07) is 7.86. The van der Waals surface area contributed by atoms with Crippen LogP contribution in [0.4, 0.5) is 5.82 Å². The van der Waals surface area contributed by atoms with Crippen molar-refractivity contribution in [1.82, 2.24) is 30.3 Å². The van der Waals surface area contributed by atoms with E-state index >= 15 is 0 Å². The molecule has 2 aromatic rings. The number of anilines is 1. The summed E-state index contributed by atoms with van der Waals surface area (Å²) in [5.74, 6) is 1.85. The molecule has 0 aliphatic carbocycles. The van der Waals surface area contributed by atoms with Crippen LogP contribution in [0.25, 0.3) is 0 Å². The fraction of sp³-hybridized carbons (Fsp3) is 0.500. The molecule has 0 unspecified atom stereocenters. The molecule has 9 nitrogen and oxygen atoms in total. The molecule has 0 spiro atoms. The van der Waals surface area contributed by atoms with Gasteiger partial charge in [0, 0.05) is 65.1 Å². The van der Waals surface area contributed by atoms with Crippen LogP contribution in [-0.4, -0.2) is 70.8 Å². The highest BCUT2D eigenvalue weighted by Crippen LogP contribution is 2.12. The van der Waals surface area contributed by atoms with Crippen molar-refractivity contribution in [2.24, 2.45) is 12.0 Å². The molecule has 0 atom stereocenters. The second-order valence-electron chi connectivity index (χ2n) is 6.87. The molecule has 2 aromatic heterocycles. The van der Waals surface area contributed by atoms with E-state index in [0.717, 1.165) is 44.2 Å². The van der Waals surface area contributed by atoms with Crippen LogP contribution in [0.1, 0.15) is 19.0 Å². The Kier molecular flexibility index (Phi) is 9.84. The van der Waals surface area contributed by atoms with Gasteiger partial charge in [-0.05, 0) is 25.1 Å². The number of nitrogens with zero attached hydrogens (tertiary/aromatic N) is 6. The fourth-order valence-electron chi connectivity index (χ4n) is 3.23. The molecule has 0 saturated carbocycles. The van der Waals surface area contributed by atoms with E-state index in [-0.39, 0.29) is 29.9 Å². The molecule has 1 aliphatic heterocycles. The maximum Gasteiger partial charge on any atom is 0.224 e. The standard InChI is InChI=1S/C20H30N8O.HI/c1-3-21-20(24-16-17-7-11-25-26(17)2)23-10-8-19(29)28-14-12-27(13-15-28)18-6-4-5-9-22-18;/h4-7,9,11H,3,8,10,12-16H2,1-2H3,(H2,21,23,24);1H. The average molecular weight is 526 g/mol. The highest BCUT2D eigenvalue weighted by Gasteiger charge is 2.21. The zero-order valence-corrected chi connectivity index (χ0v) is 20.0. The Balaban J connectivity index is 0.00000320. The number of aryl methyl sites for hydroxylation is 1. The first kappa shape index (κ1) is 23.9. The van der Waals surface area contributed by atoms with E-state index in [9.17, 15) is 4.79 Å². The molecule has 2 N–H and O–H groups in total. The molecule has 0 radical (unpaired) electrons. The number of carbonyl (C=O) groups excluding carboxylic acids is 1. The number of carbonyl (C=O) groups is 1. The Morgan fingerprint density at radius 3 is 2.57 bits per heavy atom. The summed E-state index contributed by atoms with van der Waals surface area (Å²) in [4.78, 5) is 25.7. The number of hydrogen-bond donors (Lipinski definition) is 2. The van der Waals surface area contributed by atoms with Crippen molar-refractivity contribution in [2.75, 3.05) is 44.2 Å². The van der Waals surface area contributed by atoms with Crippen LogP contribution in [-0.2, 0) is 18.4 Å². The number of pyridine rings is 1. The van der Waals surface area contributed by atoms with Crippen LogP contribution in [0.5, 0.6) is 0 Å². The van der Waals surface area contributed by atoms with Gasteiger partial charge in [-0.1, -0.05) is 6.07 Å². The summed E-state index contributed by atoms with van der Waals surface area (Å²) in [6.45, 7) is 6.95. The first-order valence-electron chi connectivity index (χ1n) is 10.1. The van der Waals surface area contributed by atoms with E-state index < -0.39 is 0 Å². The van der Waals surface area contributed by atoms with Gasteiger partial charge in [0.15, 0.2) is 5.96 Å². The third-order valence-corrected chi connectivity index (χ3v) is 4.90. The normalized spacial score (nSPS) is 14.3. The van der Waals surface area contributed by atoms with Gasteiger partial charge in [0.25, 0.3) is 0 Å². The molecule has 3 heterocycles. The molecule has 3 rings (SSSR count). The minimum Gasteiger partial charge on any atom is -0.357 e. The van der Waals surface area contributed by atoms with Crippen LogP contribution in [0.15, 0.2) is 41.7 Å². The van der Waals surface area contributed by atoms with Crippen LogP contribution in [0, 0.1) is 0 Å². The maximum absolute atomic E-state index is 12.5. The van der Waals surface area contributed by atoms with Crippen molar-refractivity contribution in [1.29, 1.82) is 0 Å². The van der Waals surface area contributed by atoms with Crippen molar-refractivity contribution >= 4 is 41.7 Å². The van der Waals surface area contributed by atoms with Gasteiger partial charge in [0.1, 0.15) is 5.82 Å². The number of amides is 1. The van der Waals surface area contributed by atoms with Crippen molar-refractivity contribution in [3.05, 3.63) is 42.4 Å². The van der Waals surface area contributed by atoms with Gasteiger partial charge in [-0.2, -0.15) is 5.10 Å². The highest BCUT2D eigenvalue weighted by molar-refractivity contribution is 14.0. The monoisotopic (exact) mass is 526 g/mol. The molecule has 1 aliphatic rings. The minimum atomic E-state index is 0. The Hall–Kier alpha value is -2.37. The predicted octanol–water partition coefficient (Wildman–Crippen LogP) is 1.23. The summed E-state index contributed by atoms with van der Waals surface area (Å²) in [7, 11) is 1.90. The lowest BCUT2D eigenvalue weighted by Crippen LogP contribution is -2.49. The van der Waals surface area contributed by atoms with Crippen molar-refractivity contribution in [3.63, 3.8) is 0 Å². The zero-order valence-electron chi connectivity index (χ0n) is 17.6. The van der Waals surface area contributed by atoms with Crippen LogP contribution in [0.3, 0.4) is 0 Å². The van der Waals surface area contributed by atoms with Gasteiger partial charge in [-0.15, -0.1) is 24.0 Å². The SMILES string of the molecule is CCNC(=NCc1ccnn1C)NCCC(=O)N1CCN(c2ccccn2)CC1.I. The fourth-order valence-corrected chi connectivity index (χ4v) is 3.23. The molecule has 30 heavy (non-hydrogen) atoms. The van der Waals surface area contributed by atoms with Gasteiger partial charge in [-0.3, -0.25) is 9.48 Å². The number of aromatic nitrogens is 3. The minimum absolute atomic E-state index is 0. The number of piperazine rings is 1. The summed E-state index contributed by atoms with van der Waals surface area (Å²) >= 11 is 0. The van der Waals surface area contributed by atoms with E-state index in [1.165, 1.54) is 0 Å². The molecule has 0 bridgehead atoms. The summed E-state index contributed by atoms with van der Waals surface area (Å²) in [5.41, 5.74) is 1.03. The zero-order chi connectivity index (χ0) is 20.5. The average Bonchev–Trinajstić information content (AvgIpc) is 3.17. The predicted molar refractivity (Wildman–Crippen MR) is 129 cm³/mol. The number of guanidine groups is 1. The lowest BCUT2D eigenvalue weighted by atomic mass is 10.2. The molecular formula is C20H31IN8O. The Morgan fingerprint density at radius 2 is 1.93 bits per heavy atom. The van der Waals surface area contributed by atoms with E-state index in [4.69, 9.17) is 0 Å². The van der Waals surface area contributed by atoms with Crippen LogP contribution < -0.4 is 15.5 Å². The number of rotatable bonds is 7. The topological polar surface area (TPSA) is 90.7 Å². The van der Waals surface area contributed by atoms with Crippen LogP contribution in [0.2, 0.25) is 0 Å². The summed E-state index contributed by atoms with van der Waals surface area (Å²) in [5, 5.41) is 10.6. The number of nitrogens with one attached hydrogen (secondary N) is 2. The molecular weight excluding hydrogens is 495 g/mol. The van der Waals surface area contributed by atoms with Crippen LogP contribution >= 0.6 is 24.0 Å². The van der Waals surface area contributed by atoms with E-state index in [0.29, 0.717) is 25.5 Å². The quantitative estimate of drug-likeness (QED) is 0.321. The van der Waals surface area contributed by atoms with Gasteiger partial charge in [0.2, 0.25) is 5.91 Å². The smallest absolute Gasteiger partial charge is 0.224 e. The molecule has 1 fully saturated rings. The molecule has 0 aromatic carbocycles. The van der Waals surface area contributed by atoms with E-state index in [1.54, 1.807) is 17.1 Å². The van der Waals surface area contributed by atoms with E-state index in [2.05, 4.69) is 30.6 Å². The first-order valence-corrected chi connectivity index (χ1v) is 10.1. The van der Waals surface area contributed by atoms with Gasteiger partial charge in [0.05, 0.1) is 12.2 Å². The lowest BCUT2D eigenvalue weighted by molar-refractivity contribution is -0.131. The van der Waals surface area contributed by atoms with E-state index in [1.807, 2.05) is 43.1 Å². The van der Waals surface area contributed by atoms with Gasteiger partial charge >= 0.3 is 0 Å². The van der Waals surface area contributed by atoms with Gasteiger partial charge in [-0.25, -0.2) is 9.98 Å². The molecule has 1 amide bonds. The highest BCUT2D eigenvalue weighted by atomic mass is 127. The second-order valence-corrected chi connectivity index (χ2v) is 6.87. The Labute approximate surface area is 195 Å². The third-order valence-electron chi connectivity index (χ3n) is 4.90. The van der Waals surface area contributed by atoms with Crippen molar-refractivity contribution < 1.29 is 4.79 Å². The molecule has 10 heteroatoms. The Morgan fingerprint density at radius 1 is 1.13 bits per heavy atom. The summed E-state index contributed by atoms with van der Waals surface area (Å²) in [6.07, 6.45) is 4.01. The maximum atomic E-state index is 12.5. The first-order chi connectivity index (χ1) is 14.2. The van der Waals surface area contributed by atoms with Gasteiger partial charge < -0.3 is 20.4 Å². The second kappa shape index (κ2) is 12.4. The Bertz CT molecular complexity index is 802. The molecule has 164 valence electrons. The number of halogens is 1. The van der Waals surface area contributed by atoms with Crippen molar-refractivity contribution in [2.45, 2.75) is 19.9 Å². The molecule has 1 saturated heterocycles. The van der Waals surface area contributed by atoms with Crippen molar-refractivity contribution in [3.8, 4) is 0 Å². The third kappa shape index (κ3) is 6.85. The largest absolute Gasteiger partial charge is 0.357 e.